The Morgan fingerprint density at radius 2 is 1.86 bits per heavy atom. The van der Waals surface area contributed by atoms with Gasteiger partial charge in [0.05, 0.1) is 22.3 Å². The minimum Gasteiger partial charge on any atom is -0.504 e. The molecule has 19 nitrogen and oxygen atoms in total. The number of rotatable bonds is 18. The van der Waals surface area contributed by atoms with Crippen molar-refractivity contribution in [2.24, 2.45) is 5.16 Å². The van der Waals surface area contributed by atoms with Crippen LogP contribution >= 0.6 is 34.7 Å². The maximum absolute atomic E-state index is 13.8. The molecule has 0 bridgehead atoms. The standard InChI is InChI=1S/C35H40ClN7O12S2/c1-4-6-7-8-41(11-16-12-42(5-2)19-9-20(44)29(48)24(36)23(19)28(16)47)13-17-15(3)57-32-26(31(50)43(32)27(17)34(53)54)39-30(49)25(18-14-56-35(37)38-18)40-55-21(33(51)52)10-22(45)46/h9,12,14-15,21,26,32,44,48H,4-8,10-11,13H2,1-3H3,(H2,37,38)(H,39,49)(H,45,46)(H,51,52)(H,53,54)/b40-25-/t15-,21-,26+,32+/m0/s1. The number of nitrogen functional groups attached to an aromatic ring is 1. The van der Waals surface area contributed by atoms with Gasteiger partial charge in [-0.05, 0) is 32.4 Å². The number of anilines is 1. The van der Waals surface area contributed by atoms with Gasteiger partial charge in [-0.1, -0.05) is 36.5 Å². The molecule has 57 heavy (non-hydrogen) atoms. The topological polar surface area (TPSA) is 288 Å². The van der Waals surface area contributed by atoms with Gasteiger partial charge in [-0.25, -0.2) is 14.6 Å². The summed E-state index contributed by atoms with van der Waals surface area (Å²) in [6.07, 6.45) is 1.12. The van der Waals surface area contributed by atoms with Crippen molar-refractivity contribution in [3.63, 3.8) is 0 Å². The molecule has 0 unspecified atom stereocenters. The molecule has 1 aromatic carbocycles. The van der Waals surface area contributed by atoms with E-state index in [9.17, 15) is 49.2 Å². The van der Waals surface area contributed by atoms with E-state index in [1.54, 1.807) is 17.7 Å². The summed E-state index contributed by atoms with van der Waals surface area (Å²) in [5.41, 5.74) is 5.25. The Balaban J connectivity index is 1.44. The molecule has 0 saturated carbocycles. The van der Waals surface area contributed by atoms with Crippen LogP contribution in [-0.2, 0) is 41.9 Å². The number of thioether (sulfide) groups is 1. The molecule has 4 atom stereocenters. The zero-order chi connectivity index (χ0) is 41.9. The number of oxime groups is 1. The van der Waals surface area contributed by atoms with Gasteiger partial charge in [0.15, 0.2) is 27.8 Å². The third-order valence-electron chi connectivity index (χ3n) is 9.34. The van der Waals surface area contributed by atoms with Crippen molar-refractivity contribution in [1.82, 2.24) is 24.7 Å². The van der Waals surface area contributed by atoms with E-state index in [1.807, 2.05) is 18.7 Å². The second kappa shape index (κ2) is 17.8. The van der Waals surface area contributed by atoms with Crippen LogP contribution in [0.4, 0.5) is 5.13 Å². The third-order valence-corrected chi connectivity index (χ3v) is 11.8. The Kier molecular flexibility index (Phi) is 13.4. The number of nitrogens with zero attached hydrogens (tertiary/aromatic N) is 5. The summed E-state index contributed by atoms with van der Waals surface area (Å²) in [5, 5.41) is 55.2. The molecular weight excluding hydrogens is 810 g/mol. The number of thiazole rings is 1. The van der Waals surface area contributed by atoms with Crippen LogP contribution in [0.3, 0.4) is 0 Å². The number of aliphatic carboxylic acids is 3. The summed E-state index contributed by atoms with van der Waals surface area (Å²) >= 11 is 8.50. The smallest absolute Gasteiger partial charge is 0.352 e. The van der Waals surface area contributed by atoms with Gasteiger partial charge in [-0.2, -0.15) is 0 Å². The quantitative estimate of drug-likeness (QED) is 0.0318. The van der Waals surface area contributed by atoms with Gasteiger partial charge in [0, 0.05) is 48.1 Å². The number of nitrogens with two attached hydrogens (primary N) is 1. The molecule has 1 saturated heterocycles. The van der Waals surface area contributed by atoms with Gasteiger partial charge in [0.1, 0.15) is 22.8 Å². The highest BCUT2D eigenvalue weighted by Crippen LogP contribution is 2.44. The normalized spacial score (nSPS) is 18.7. The molecule has 5 rings (SSSR count). The van der Waals surface area contributed by atoms with Gasteiger partial charge in [-0.15, -0.1) is 23.1 Å². The number of hydrogen-bond donors (Lipinski definition) is 7. The van der Waals surface area contributed by atoms with Crippen molar-refractivity contribution in [2.75, 3.05) is 18.8 Å². The lowest BCUT2D eigenvalue weighted by Gasteiger charge is -2.51. The third kappa shape index (κ3) is 8.95. The van der Waals surface area contributed by atoms with Crippen LogP contribution in [0.2, 0.25) is 5.02 Å². The number of halogens is 1. The van der Waals surface area contributed by atoms with Crippen LogP contribution in [0.25, 0.3) is 10.9 Å². The molecule has 1 fully saturated rings. The Morgan fingerprint density at radius 3 is 2.46 bits per heavy atom. The number of benzene rings is 1. The molecular formula is C35H40ClN7O12S2. The SMILES string of the molecule is CCCCCN(CC1=C(C(=O)O)N2C(=O)[C@@H](NC(=O)/C(=N\O[C@@H](CC(=O)O)C(=O)O)c3csc(N)n3)[C@H]2S[C@H]1C)Cc1cn(CC)c2cc(O)c(O)c(Cl)c2c1=O. The molecule has 306 valence electrons. The molecule has 3 aromatic rings. The van der Waals surface area contributed by atoms with Crippen LogP contribution in [0.1, 0.15) is 57.7 Å². The van der Waals surface area contributed by atoms with Crippen molar-refractivity contribution in [2.45, 2.75) is 82.3 Å². The molecule has 0 spiro atoms. The summed E-state index contributed by atoms with van der Waals surface area (Å²) in [4.78, 5) is 88.6. The predicted molar refractivity (Wildman–Crippen MR) is 209 cm³/mol. The van der Waals surface area contributed by atoms with E-state index in [4.69, 9.17) is 27.3 Å². The highest BCUT2D eigenvalue weighted by Gasteiger charge is 2.56. The number of aromatic hydroxyl groups is 2. The van der Waals surface area contributed by atoms with E-state index < -0.39 is 81.6 Å². The Morgan fingerprint density at radius 1 is 1.14 bits per heavy atom. The number of nitrogens with one attached hydrogen (secondary N) is 1. The molecule has 4 heterocycles. The second-order valence-corrected chi connectivity index (χ2v) is 15.9. The molecule has 2 amide bonds. The number of amides is 2. The molecule has 22 heteroatoms. The average Bonchev–Trinajstić information content (AvgIpc) is 3.58. The largest absolute Gasteiger partial charge is 0.504 e. The van der Waals surface area contributed by atoms with Crippen molar-refractivity contribution < 1.29 is 54.3 Å². The highest BCUT2D eigenvalue weighted by atomic mass is 35.5. The number of β-lactam (4-membered cyclic amide) rings is 1. The lowest BCUT2D eigenvalue weighted by Crippen LogP contribution is -2.71. The number of pyridine rings is 1. The Bertz CT molecular complexity index is 2240. The van der Waals surface area contributed by atoms with Gasteiger partial charge in [0.25, 0.3) is 11.8 Å². The lowest BCUT2D eigenvalue weighted by molar-refractivity contribution is -0.156. The number of phenols is 2. The summed E-state index contributed by atoms with van der Waals surface area (Å²) in [7, 11) is 0. The fraction of sp³-hybridized carbons (Fsp3) is 0.429. The Labute approximate surface area is 337 Å². The first kappa shape index (κ1) is 42.8. The first-order chi connectivity index (χ1) is 27.0. The van der Waals surface area contributed by atoms with Gasteiger partial charge >= 0.3 is 17.9 Å². The van der Waals surface area contributed by atoms with E-state index >= 15 is 0 Å². The second-order valence-electron chi connectivity index (χ2n) is 13.2. The molecule has 2 aliphatic rings. The van der Waals surface area contributed by atoms with E-state index in [2.05, 4.69) is 15.5 Å². The number of carboxylic acid groups (broad SMARTS) is 3. The Hall–Kier alpha value is -5.38. The first-order valence-corrected chi connectivity index (χ1v) is 19.8. The summed E-state index contributed by atoms with van der Waals surface area (Å²) in [6, 6.07) is 0.00132. The van der Waals surface area contributed by atoms with Crippen LogP contribution in [0.15, 0.2) is 38.9 Å². The molecule has 2 aliphatic heterocycles. The van der Waals surface area contributed by atoms with E-state index in [0.29, 0.717) is 36.2 Å². The number of carbonyl (C=O) groups is 5. The van der Waals surface area contributed by atoms with Crippen molar-refractivity contribution in [3.05, 3.63) is 55.4 Å². The van der Waals surface area contributed by atoms with E-state index in [1.165, 1.54) is 23.2 Å². The minimum atomic E-state index is -1.96. The molecule has 8 N–H and O–H groups in total. The number of unbranched alkanes of at least 4 members (excludes halogenated alkanes) is 2. The number of aryl methyl sites for hydroxylation is 1. The predicted octanol–water partition coefficient (Wildman–Crippen LogP) is 2.59. The monoisotopic (exact) mass is 849 g/mol. The lowest BCUT2D eigenvalue weighted by atomic mass is 9.99. The van der Waals surface area contributed by atoms with E-state index in [0.717, 1.165) is 29.1 Å². The highest BCUT2D eigenvalue weighted by molar-refractivity contribution is 8.00. The van der Waals surface area contributed by atoms with Gasteiger partial charge in [0.2, 0.25) is 6.10 Å². The molecule has 0 radical (unpaired) electrons. The number of carboxylic acids is 3. The zero-order valence-corrected chi connectivity index (χ0v) is 33.2. The fourth-order valence-corrected chi connectivity index (χ4v) is 8.77. The van der Waals surface area contributed by atoms with Crippen molar-refractivity contribution >= 4 is 86.2 Å². The van der Waals surface area contributed by atoms with Gasteiger partial charge < -0.3 is 46.0 Å². The van der Waals surface area contributed by atoms with Crippen LogP contribution in [-0.4, -0.2) is 116 Å². The number of hydrogen-bond acceptors (Lipinski definition) is 15. The fourth-order valence-electron chi connectivity index (χ4n) is 6.50. The summed E-state index contributed by atoms with van der Waals surface area (Å²) in [6.45, 7) is 6.56. The number of aromatic nitrogens is 2. The van der Waals surface area contributed by atoms with E-state index in [-0.39, 0.29) is 40.0 Å². The maximum atomic E-state index is 13.8. The van der Waals surface area contributed by atoms with Crippen LogP contribution in [0.5, 0.6) is 11.5 Å². The van der Waals surface area contributed by atoms with Gasteiger partial charge in [-0.3, -0.25) is 29.0 Å². The average molecular weight is 850 g/mol. The number of phenolic OH excluding ortho intramolecular Hbond substituents is 2. The summed E-state index contributed by atoms with van der Waals surface area (Å²) < 4.78 is 1.71. The maximum Gasteiger partial charge on any atom is 0.352 e. The zero-order valence-electron chi connectivity index (χ0n) is 30.8. The minimum absolute atomic E-state index is 0.0147. The van der Waals surface area contributed by atoms with Crippen LogP contribution in [0, 0.1) is 0 Å². The van der Waals surface area contributed by atoms with Crippen molar-refractivity contribution in [1.29, 1.82) is 0 Å². The number of carbonyl (C=O) groups excluding carboxylic acids is 2. The van der Waals surface area contributed by atoms with Crippen molar-refractivity contribution in [3.8, 4) is 11.5 Å². The first-order valence-electron chi connectivity index (χ1n) is 17.6. The summed E-state index contributed by atoms with van der Waals surface area (Å²) in [5.74, 6) is -7.46. The molecule has 2 aromatic heterocycles. The molecule has 0 aliphatic carbocycles. The van der Waals surface area contributed by atoms with Crippen LogP contribution < -0.4 is 16.5 Å². The number of fused-ring (bicyclic) bond motifs is 2.